The molecule has 33 heavy (non-hydrogen) atoms. The first-order valence-corrected chi connectivity index (χ1v) is 12.7. The fraction of sp³-hybridized carbons (Fsp3) is 0.208. The van der Waals surface area contributed by atoms with Crippen molar-refractivity contribution in [2.24, 2.45) is 0 Å². The predicted octanol–water partition coefficient (Wildman–Crippen LogP) is 4.41. The van der Waals surface area contributed by atoms with Gasteiger partial charge in [-0.2, -0.15) is 11.3 Å². The van der Waals surface area contributed by atoms with Crippen LogP contribution < -0.4 is 9.46 Å². The summed E-state index contributed by atoms with van der Waals surface area (Å²) in [6.45, 7) is 0.260. The summed E-state index contributed by atoms with van der Waals surface area (Å²) in [5.74, 6) is -0.255. The number of rotatable bonds is 12. The second-order valence-corrected chi connectivity index (χ2v) is 9.72. The van der Waals surface area contributed by atoms with Gasteiger partial charge in [0.1, 0.15) is 5.75 Å². The number of thiophene rings is 1. The van der Waals surface area contributed by atoms with Crippen LogP contribution in [0.4, 0.5) is 5.69 Å². The summed E-state index contributed by atoms with van der Waals surface area (Å²) >= 11 is 1.31. The molecule has 0 radical (unpaired) electrons. The van der Waals surface area contributed by atoms with Gasteiger partial charge in [0.05, 0.1) is 17.6 Å². The van der Waals surface area contributed by atoms with Crippen molar-refractivity contribution in [3.05, 3.63) is 82.6 Å². The van der Waals surface area contributed by atoms with Crippen molar-refractivity contribution >= 4 is 39.1 Å². The summed E-state index contributed by atoms with van der Waals surface area (Å²) in [6, 6.07) is 15.7. The number of hydrogen-bond donors (Lipinski definition) is 3. The van der Waals surface area contributed by atoms with Gasteiger partial charge in [0.2, 0.25) is 0 Å². The number of carbonyl (C=O) groups is 1. The maximum Gasteiger partial charge on any atom is 0.303 e. The molecule has 0 amide bonds. The normalized spacial score (nSPS) is 12.5. The lowest BCUT2D eigenvalue weighted by Gasteiger charge is -2.12. The number of carboxylic acids is 1. The monoisotopic (exact) mass is 487 g/mol. The van der Waals surface area contributed by atoms with Crippen molar-refractivity contribution in [1.29, 1.82) is 0 Å². The van der Waals surface area contributed by atoms with Gasteiger partial charge in [-0.1, -0.05) is 42.5 Å². The number of sulfonamides is 1. The molecule has 2 aromatic carbocycles. The summed E-state index contributed by atoms with van der Waals surface area (Å²) in [5.41, 5.74) is 1.98. The Balaban J connectivity index is 1.53. The molecule has 1 heterocycles. The van der Waals surface area contributed by atoms with E-state index in [1.54, 1.807) is 59.3 Å². The second-order valence-electron chi connectivity index (χ2n) is 7.26. The Morgan fingerprint density at radius 2 is 1.97 bits per heavy atom. The van der Waals surface area contributed by atoms with Crippen LogP contribution in [0.3, 0.4) is 0 Å². The highest BCUT2D eigenvalue weighted by atomic mass is 32.2. The summed E-state index contributed by atoms with van der Waals surface area (Å²) in [5, 5.41) is 22.4. The van der Waals surface area contributed by atoms with Crippen molar-refractivity contribution in [3.8, 4) is 5.75 Å². The van der Waals surface area contributed by atoms with E-state index in [9.17, 15) is 18.3 Å². The van der Waals surface area contributed by atoms with E-state index >= 15 is 0 Å². The van der Waals surface area contributed by atoms with Crippen molar-refractivity contribution in [2.45, 2.75) is 30.3 Å². The molecule has 0 aliphatic rings. The molecule has 0 fully saturated rings. The van der Waals surface area contributed by atoms with Gasteiger partial charge >= 0.3 is 5.97 Å². The molecule has 9 heteroatoms. The zero-order chi connectivity index (χ0) is 23.7. The Morgan fingerprint density at radius 3 is 2.73 bits per heavy atom. The number of aliphatic hydroxyl groups excluding tert-OH is 1. The average molecular weight is 488 g/mol. The summed E-state index contributed by atoms with van der Waals surface area (Å²) < 4.78 is 33.0. The Morgan fingerprint density at radius 1 is 1.15 bits per heavy atom. The molecule has 3 rings (SSSR count). The standard InChI is InChI=1S/C24H25NO6S2/c26-21(12-14-31-23-7-2-1-5-19(23)9-11-24(27)28)10-8-18-4-3-6-20(16-18)25-33(29,30)22-13-15-32-17-22/h1-8,10,13,15-17,21,25-26H,9,11-12,14H2,(H,27,28)/b10-8+/t21-/m0/s1. The van der Waals surface area contributed by atoms with Crippen LogP contribution in [0.5, 0.6) is 5.75 Å². The zero-order valence-electron chi connectivity index (χ0n) is 17.8. The van der Waals surface area contributed by atoms with Gasteiger partial charge in [-0.15, -0.1) is 0 Å². The van der Waals surface area contributed by atoms with Crippen LogP contribution in [0, 0.1) is 0 Å². The largest absolute Gasteiger partial charge is 0.493 e. The first kappa shape index (κ1) is 24.5. The fourth-order valence-corrected chi connectivity index (χ4v) is 5.10. The number of aliphatic hydroxyl groups is 1. The second kappa shape index (κ2) is 11.6. The van der Waals surface area contributed by atoms with Crippen LogP contribution in [0.2, 0.25) is 0 Å². The number of anilines is 1. The molecule has 1 aromatic heterocycles. The SMILES string of the molecule is O=C(O)CCc1ccccc1OCC[C@@H](O)/C=C/c1cccc(NS(=O)(=O)c2ccsc2)c1. The number of aryl methyl sites for hydroxylation is 1. The summed E-state index contributed by atoms with van der Waals surface area (Å²) in [7, 11) is -3.63. The van der Waals surface area contributed by atoms with Gasteiger partial charge in [0, 0.05) is 23.9 Å². The Kier molecular flexibility index (Phi) is 8.65. The van der Waals surface area contributed by atoms with Gasteiger partial charge in [0.25, 0.3) is 10.0 Å². The highest BCUT2D eigenvalue weighted by molar-refractivity contribution is 7.92. The minimum Gasteiger partial charge on any atom is -0.493 e. The van der Waals surface area contributed by atoms with Gasteiger partial charge in [0.15, 0.2) is 0 Å². The van der Waals surface area contributed by atoms with E-state index in [1.807, 2.05) is 18.2 Å². The predicted molar refractivity (Wildman–Crippen MR) is 129 cm³/mol. The van der Waals surface area contributed by atoms with Crippen molar-refractivity contribution in [3.63, 3.8) is 0 Å². The third-order valence-corrected chi connectivity index (χ3v) is 6.92. The topological polar surface area (TPSA) is 113 Å². The maximum atomic E-state index is 12.4. The highest BCUT2D eigenvalue weighted by Crippen LogP contribution is 2.21. The van der Waals surface area contributed by atoms with Crippen LogP contribution in [0.25, 0.3) is 6.08 Å². The summed E-state index contributed by atoms with van der Waals surface area (Å²) in [4.78, 5) is 11.0. The van der Waals surface area contributed by atoms with Gasteiger partial charge in [-0.3, -0.25) is 9.52 Å². The molecular formula is C24H25NO6S2. The van der Waals surface area contributed by atoms with E-state index in [4.69, 9.17) is 9.84 Å². The number of nitrogens with one attached hydrogen (secondary N) is 1. The molecule has 1 atom stereocenters. The van der Waals surface area contributed by atoms with Crippen LogP contribution in [0.1, 0.15) is 24.0 Å². The van der Waals surface area contributed by atoms with E-state index < -0.39 is 22.1 Å². The zero-order valence-corrected chi connectivity index (χ0v) is 19.4. The minimum absolute atomic E-state index is 0.0220. The number of aliphatic carboxylic acids is 1. The first-order valence-electron chi connectivity index (χ1n) is 10.3. The number of para-hydroxylation sites is 1. The van der Waals surface area contributed by atoms with Crippen molar-refractivity contribution < 1.29 is 28.2 Å². The first-order chi connectivity index (χ1) is 15.8. The molecule has 0 saturated heterocycles. The minimum atomic E-state index is -3.63. The number of hydrogen-bond acceptors (Lipinski definition) is 6. The van der Waals surface area contributed by atoms with Gasteiger partial charge in [-0.05, 0) is 47.2 Å². The quantitative estimate of drug-likeness (QED) is 0.349. The van der Waals surface area contributed by atoms with Crippen LogP contribution in [0.15, 0.2) is 76.3 Å². The van der Waals surface area contributed by atoms with E-state index in [0.717, 1.165) is 11.1 Å². The van der Waals surface area contributed by atoms with Crippen LogP contribution in [-0.2, 0) is 21.2 Å². The molecular weight excluding hydrogens is 462 g/mol. The van der Waals surface area contributed by atoms with E-state index in [1.165, 1.54) is 11.3 Å². The molecule has 3 aromatic rings. The molecule has 3 N–H and O–H groups in total. The van der Waals surface area contributed by atoms with E-state index in [0.29, 0.717) is 24.3 Å². The fourth-order valence-electron chi connectivity index (χ4n) is 3.03. The Labute approximate surface area is 197 Å². The Bertz CT molecular complexity index is 1190. The average Bonchev–Trinajstić information content (AvgIpc) is 3.33. The summed E-state index contributed by atoms with van der Waals surface area (Å²) in [6.07, 6.45) is 3.31. The molecule has 174 valence electrons. The number of ether oxygens (including phenoxy) is 1. The third-order valence-electron chi connectivity index (χ3n) is 4.71. The molecule has 0 spiro atoms. The highest BCUT2D eigenvalue weighted by Gasteiger charge is 2.14. The Hall–Kier alpha value is -3.14. The third kappa shape index (κ3) is 7.74. The molecule has 0 saturated carbocycles. The lowest BCUT2D eigenvalue weighted by Crippen LogP contribution is -2.12. The number of benzene rings is 2. The molecule has 0 aliphatic carbocycles. The van der Waals surface area contributed by atoms with Crippen molar-refractivity contribution in [2.75, 3.05) is 11.3 Å². The molecule has 0 unspecified atom stereocenters. The van der Waals surface area contributed by atoms with Gasteiger partial charge < -0.3 is 14.9 Å². The molecule has 7 nitrogen and oxygen atoms in total. The van der Waals surface area contributed by atoms with Crippen LogP contribution >= 0.6 is 11.3 Å². The van der Waals surface area contributed by atoms with E-state index in [2.05, 4.69) is 4.72 Å². The smallest absolute Gasteiger partial charge is 0.303 e. The molecule has 0 aliphatic heterocycles. The van der Waals surface area contributed by atoms with Crippen molar-refractivity contribution in [1.82, 2.24) is 0 Å². The lowest BCUT2D eigenvalue weighted by molar-refractivity contribution is -0.136. The number of carboxylic acid groups (broad SMARTS) is 1. The lowest BCUT2D eigenvalue weighted by atomic mass is 10.1. The molecule has 0 bridgehead atoms. The van der Waals surface area contributed by atoms with E-state index in [-0.39, 0.29) is 17.9 Å². The van der Waals surface area contributed by atoms with Crippen LogP contribution in [-0.4, -0.2) is 37.3 Å². The van der Waals surface area contributed by atoms with Gasteiger partial charge in [-0.25, -0.2) is 8.42 Å². The maximum absolute atomic E-state index is 12.4.